The number of allylic oxidation sites excluding steroid dienone is 2. The van der Waals surface area contributed by atoms with Crippen LogP contribution in [0.25, 0.3) is 10.8 Å². The maximum atomic E-state index is 15.5. The number of hydrogen-bond acceptors (Lipinski definition) is 8. The summed E-state index contributed by atoms with van der Waals surface area (Å²) in [5.74, 6) is -6.07. The molecule has 11 heteroatoms. The predicted molar refractivity (Wildman–Crippen MR) is 200 cm³/mol. The first kappa shape index (κ1) is 33.2. The van der Waals surface area contributed by atoms with Gasteiger partial charge in [0.25, 0.3) is 17.5 Å². The Morgan fingerprint density at radius 2 is 1.50 bits per heavy atom. The standard InChI is InChI=1S/C43H34N4O7/c1-24-11-14-27(15-12-24)44-46-40(50)34-23-33-31(20-21-32-36(33)41(51)45(39(32)49)28-16-18-29(19-17-28)47(53)54)38(43(34,42(46)52)26-8-3-2-4-9-26)37-30-10-6-5-7-25(30)13-22-35(37)48/h2-20,22,32-34,36,38,44,48H,21,23H2,1H3/t32-,33+,34-,36-,38+,43+/m0/s1. The molecule has 5 aromatic rings. The smallest absolute Gasteiger partial charge is 0.269 e. The number of anilines is 2. The highest BCUT2D eigenvalue weighted by molar-refractivity contribution is 6.22. The molecule has 2 saturated heterocycles. The number of hydrogen-bond donors (Lipinski definition) is 2. The number of aryl methyl sites for hydroxylation is 1. The number of aromatic hydroxyl groups is 1. The number of nitrogens with zero attached hydrogens (tertiary/aromatic N) is 3. The molecule has 6 atom stereocenters. The Morgan fingerprint density at radius 1 is 0.796 bits per heavy atom. The number of phenolic OH excluding ortho intramolecular Hbond substituents is 1. The van der Waals surface area contributed by atoms with Gasteiger partial charge in [-0.1, -0.05) is 90.0 Å². The van der Waals surface area contributed by atoms with Crippen molar-refractivity contribution in [1.82, 2.24) is 5.01 Å². The van der Waals surface area contributed by atoms with Gasteiger partial charge in [0.1, 0.15) is 5.75 Å². The number of non-ortho nitro benzene ring substituents is 1. The molecular weight excluding hydrogens is 684 g/mol. The van der Waals surface area contributed by atoms with Gasteiger partial charge in [0.2, 0.25) is 11.8 Å². The maximum absolute atomic E-state index is 15.5. The number of carbonyl (C=O) groups excluding carboxylic acids is 4. The van der Waals surface area contributed by atoms with Crippen LogP contribution in [0.5, 0.6) is 5.75 Å². The Kier molecular flexibility index (Phi) is 7.53. The van der Waals surface area contributed by atoms with Gasteiger partial charge in [-0.3, -0.25) is 39.6 Å². The topological polar surface area (TPSA) is 150 Å². The van der Waals surface area contributed by atoms with Gasteiger partial charge in [-0.2, -0.15) is 5.01 Å². The Hall–Kier alpha value is -6.62. The number of nitro groups is 1. The fraction of sp³-hybridized carbons (Fsp3) is 0.209. The number of benzene rings is 5. The summed E-state index contributed by atoms with van der Waals surface area (Å²) in [7, 11) is 0. The molecule has 4 aliphatic rings. The van der Waals surface area contributed by atoms with Crippen molar-refractivity contribution in [3.05, 3.63) is 154 Å². The molecule has 2 aliphatic carbocycles. The second-order valence-corrected chi connectivity index (χ2v) is 14.6. The Morgan fingerprint density at radius 3 is 2.22 bits per heavy atom. The van der Waals surface area contributed by atoms with Crippen LogP contribution in [0.1, 0.15) is 35.4 Å². The maximum Gasteiger partial charge on any atom is 0.269 e. The summed E-state index contributed by atoms with van der Waals surface area (Å²) in [4.78, 5) is 71.0. The number of carbonyl (C=O) groups is 4. The van der Waals surface area contributed by atoms with Crippen LogP contribution in [0.4, 0.5) is 17.1 Å². The average Bonchev–Trinajstić information content (AvgIpc) is 3.57. The lowest BCUT2D eigenvalue weighted by Crippen LogP contribution is -2.53. The van der Waals surface area contributed by atoms with Gasteiger partial charge in [0.05, 0.1) is 39.5 Å². The van der Waals surface area contributed by atoms with Crippen molar-refractivity contribution in [3.63, 3.8) is 0 Å². The van der Waals surface area contributed by atoms with E-state index in [0.29, 0.717) is 27.8 Å². The first-order valence-corrected chi connectivity index (χ1v) is 17.9. The zero-order valence-electron chi connectivity index (χ0n) is 29.1. The minimum absolute atomic E-state index is 0.0528. The largest absolute Gasteiger partial charge is 0.508 e. The zero-order chi connectivity index (χ0) is 37.5. The van der Waals surface area contributed by atoms with Gasteiger partial charge in [0.15, 0.2) is 0 Å². The van der Waals surface area contributed by atoms with E-state index in [1.807, 2.05) is 79.7 Å². The van der Waals surface area contributed by atoms with E-state index in [2.05, 4.69) is 5.43 Å². The summed E-state index contributed by atoms with van der Waals surface area (Å²) in [6.45, 7) is 1.94. The first-order valence-electron chi connectivity index (χ1n) is 17.9. The molecule has 11 nitrogen and oxygen atoms in total. The van der Waals surface area contributed by atoms with Crippen molar-refractivity contribution in [1.29, 1.82) is 0 Å². The molecule has 9 rings (SSSR count). The van der Waals surface area contributed by atoms with Crippen LogP contribution < -0.4 is 10.3 Å². The van der Waals surface area contributed by atoms with E-state index >= 15 is 4.79 Å². The minimum atomic E-state index is -1.55. The summed E-state index contributed by atoms with van der Waals surface area (Å²) in [6.07, 6.45) is 2.22. The fourth-order valence-corrected chi connectivity index (χ4v) is 9.63. The van der Waals surface area contributed by atoms with Gasteiger partial charge in [0, 0.05) is 23.6 Å². The van der Waals surface area contributed by atoms with E-state index in [1.165, 1.54) is 24.3 Å². The molecule has 1 saturated carbocycles. The minimum Gasteiger partial charge on any atom is -0.508 e. The molecule has 2 aliphatic heterocycles. The van der Waals surface area contributed by atoms with Gasteiger partial charge in [-0.15, -0.1) is 0 Å². The Balaban J connectivity index is 1.26. The Bertz CT molecular complexity index is 2450. The van der Waals surface area contributed by atoms with Crippen LogP contribution in [-0.2, 0) is 24.6 Å². The summed E-state index contributed by atoms with van der Waals surface area (Å²) in [6, 6.07) is 32.8. The number of nitrogens with one attached hydrogen (secondary N) is 1. The van der Waals surface area contributed by atoms with Crippen molar-refractivity contribution < 1.29 is 29.2 Å². The lowest BCUT2D eigenvalue weighted by Gasteiger charge is -2.51. The summed E-state index contributed by atoms with van der Waals surface area (Å²) < 4.78 is 0. The monoisotopic (exact) mass is 718 g/mol. The molecule has 0 bridgehead atoms. The van der Waals surface area contributed by atoms with E-state index < -0.39 is 63.6 Å². The van der Waals surface area contributed by atoms with Crippen LogP contribution >= 0.6 is 0 Å². The third-order valence-electron chi connectivity index (χ3n) is 11.9. The van der Waals surface area contributed by atoms with Crippen molar-refractivity contribution >= 4 is 51.5 Å². The summed E-state index contributed by atoms with van der Waals surface area (Å²) in [5.41, 5.74) is 4.94. The number of fused-ring (bicyclic) bond motifs is 5. The van der Waals surface area contributed by atoms with Gasteiger partial charge < -0.3 is 5.11 Å². The Labute approximate surface area is 309 Å². The van der Waals surface area contributed by atoms with Gasteiger partial charge in [-0.25, -0.2) is 0 Å². The van der Waals surface area contributed by atoms with Crippen LogP contribution in [0.2, 0.25) is 0 Å². The third-order valence-corrected chi connectivity index (χ3v) is 11.9. The lowest BCUT2D eigenvalue weighted by atomic mass is 9.48. The third kappa shape index (κ3) is 4.67. The van der Waals surface area contributed by atoms with Crippen molar-refractivity contribution in [3.8, 4) is 5.75 Å². The highest BCUT2D eigenvalue weighted by Gasteiger charge is 2.70. The van der Waals surface area contributed by atoms with Crippen molar-refractivity contribution in [2.75, 3.05) is 10.3 Å². The number of amides is 4. The molecule has 3 fully saturated rings. The van der Waals surface area contributed by atoms with Crippen LogP contribution in [-0.4, -0.2) is 38.7 Å². The number of rotatable bonds is 6. The summed E-state index contributed by atoms with van der Waals surface area (Å²) >= 11 is 0. The van der Waals surface area contributed by atoms with Crippen LogP contribution in [0.3, 0.4) is 0 Å². The fourth-order valence-electron chi connectivity index (χ4n) is 9.63. The molecule has 0 spiro atoms. The van der Waals surface area contributed by atoms with Gasteiger partial charge >= 0.3 is 0 Å². The summed E-state index contributed by atoms with van der Waals surface area (Å²) in [5, 5.41) is 25.9. The normalized spacial score (nSPS) is 26.0. The molecule has 0 aromatic heterocycles. The molecule has 2 heterocycles. The quantitative estimate of drug-likeness (QED) is 0.0829. The first-order chi connectivity index (χ1) is 26.1. The average molecular weight is 719 g/mol. The zero-order valence-corrected chi connectivity index (χ0v) is 29.1. The van der Waals surface area contributed by atoms with E-state index in [1.54, 1.807) is 24.3 Å². The van der Waals surface area contributed by atoms with Gasteiger partial charge in [-0.05, 0) is 72.4 Å². The number of hydrazine groups is 1. The van der Waals surface area contributed by atoms with E-state index in [0.717, 1.165) is 20.9 Å². The number of nitro benzene ring substituents is 1. The molecule has 5 aromatic carbocycles. The highest BCUT2D eigenvalue weighted by Crippen LogP contribution is 2.65. The lowest BCUT2D eigenvalue weighted by molar-refractivity contribution is -0.384. The van der Waals surface area contributed by atoms with Crippen molar-refractivity contribution in [2.45, 2.75) is 31.1 Å². The predicted octanol–water partition coefficient (Wildman–Crippen LogP) is 6.95. The molecular formula is C43H34N4O7. The van der Waals surface area contributed by atoms with E-state index in [-0.39, 0.29) is 30.0 Å². The molecule has 268 valence electrons. The molecule has 0 radical (unpaired) electrons. The molecule has 4 amide bonds. The van der Waals surface area contributed by atoms with Crippen LogP contribution in [0.15, 0.2) is 127 Å². The SMILES string of the molecule is Cc1ccc(NN2C(=O)[C@@H]3C[C@@H]4C(=CC[C@@H]5C(=O)N(c6ccc([N+](=O)[O-])cc6)C(=O)[C@@H]54)[C@H](c4c(O)ccc5ccccc45)[C@]3(c3ccccc3)C2=O)cc1. The van der Waals surface area contributed by atoms with E-state index in [9.17, 15) is 29.6 Å². The molecule has 54 heavy (non-hydrogen) atoms. The highest BCUT2D eigenvalue weighted by atomic mass is 16.6. The van der Waals surface area contributed by atoms with Crippen molar-refractivity contribution in [2.24, 2.45) is 23.7 Å². The number of phenols is 1. The van der Waals surface area contributed by atoms with Crippen LogP contribution in [0, 0.1) is 40.7 Å². The second kappa shape index (κ2) is 12.2. The molecule has 2 N–H and O–H groups in total. The molecule has 0 unspecified atom stereocenters. The van der Waals surface area contributed by atoms with E-state index in [4.69, 9.17) is 0 Å². The second-order valence-electron chi connectivity index (χ2n) is 14.6. The number of imide groups is 2.